The van der Waals surface area contributed by atoms with Crippen LogP contribution in [0.5, 0.6) is 0 Å². The molecule has 1 fully saturated rings. The van der Waals surface area contributed by atoms with E-state index < -0.39 is 26.6 Å². The lowest BCUT2D eigenvalue weighted by Crippen LogP contribution is -2.40. The van der Waals surface area contributed by atoms with Gasteiger partial charge in [0, 0.05) is 34.7 Å². The lowest BCUT2D eigenvalue weighted by Gasteiger charge is -2.26. The van der Waals surface area contributed by atoms with Gasteiger partial charge in [0.2, 0.25) is 10.0 Å². The Morgan fingerprint density at radius 1 is 1.14 bits per heavy atom. The average Bonchev–Trinajstić information content (AvgIpc) is 3.13. The molecule has 10 heteroatoms. The molecule has 2 heterocycles. The fourth-order valence-corrected chi connectivity index (χ4v) is 4.80. The van der Waals surface area contributed by atoms with Crippen LogP contribution in [0.4, 0.5) is 10.1 Å². The number of nitrogens with zero attached hydrogens (tertiary/aromatic N) is 1. The molecule has 2 N–H and O–H groups in total. The third kappa shape index (κ3) is 3.99. The molecule has 152 valence electrons. The van der Waals surface area contributed by atoms with Gasteiger partial charge in [-0.3, -0.25) is 4.79 Å². The number of halogens is 2. The van der Waals surface area contributed by atoms with Gasteiger partial charge < -0.3 is 15.0 Å². The number of H-pyrrole nitrogens is 1. The number of ether oxygens (including phenoxy) is 1. The minimum Gasteiger partial charge on any atom is -0.379 e. The molecule has 0 aliphatic carbocycles. The number of sulfonamides is 1. The molecule has 1 aliphatic heterocycles. The molecule has 0 unspecified atom stereocenters. The van der Waals surface area contributed by atoms with Crippen molar-refractivity contribution in [3.05, 3.63) is 59.0 Å². The fourth-order valence-electron chi connectivity index (χ4n) is 3.12. The van der Waals surface area contributed by atoms with Gasteiger partial charge >= 0.3 is 0 Å². The van der Waals surface area contributed by atoms with Gasteiger partial charge in [0.1, 0.15) is 16.4 Å². The summed E-state index contributed by atoms with van der Waals surface area (Å²) in [6, 6.07) is 10.3. The van der Waals surface area contributed by atoms with Crippen LogP contribution in [0, 0.1) is 5.82 Å². The molecular weight excluding hydrogens is 421 g/mol. The summed E-state index contributed by atoms with van der Waals surface area (Å²) >= 11 is 5.95. The number of carbonyl (C=O) groups is 1. The Morgan fingerprint density at radius 2 is 1.90 bits per heavy atom. The second-order valence-electron chi connectivity index (χ2n) is 6.53. The molecule has 4 rings (SSSR count). The second-order valence-corrected chi connectivity index (χ2v) is 8.87. The van der Waals surface area contributed by atoms with Crippen molar-refractivity contribution in [3.63, 3.8) is 0 Å². The van der Waals surface area contributed by atoms with Crippen molar-refractivity contribution < 1.29 is 22.3 Å². The number of nitrogens with one attached hydrogen (secondary N) is 2. The molecule has 3 aromatic rings. The fraction of sp³-hybridized carbons (Fsp3) is 0.211. The van der Waals surface area contributed by atoms with Gasteiger partial charge in [0.05, 0.1) is 13.2 Å². The predicted molar refractivity (Wildman–Crippen MR) is 107 cm³/mol. The smallest absolute Gasteiger partial charge is 0.272 e. The standard InChI is InChI=1S/C19H17ClFN3O4S/c20-13-2-1-12-9-17(23-16(12)10-13)19(25)22-14-3-4-15(21)18(11-14)29(26,27)24-5-7-28-8-6-24/h1-4,9-11,23H,5-8H2,(H,22,25). The van der Waals surface area contributed by atoms with E-state index in [-0.39, 0.29) is 37.7 Å². The van der Waals surface area contributed by atoms with Gasteiger partial charge in [0.15, 0.2) is 0 Å². The van der Waals surface area contributed by atoms with E-state index in [1.165, 1.54) is 10.4 Å². The van der Waals surface area contributed by atoms with Crippen molar-refractivity contribution >= 4 is 44.1 Å². The van der Waals surface area contributed by atoms with Crippen molar-refractivity contribution in [2.24, 2.45) is 0 Å². The number of hydrogen-bond acceptors (Lipinski definition) is 4. The first-order valence-corrected chi connectivity index (χ1v) is 10.6. The van der Waals surface area contributed by atoms with E-state index in [0.29, 0.717) is 10.5 Å². The lowest BCUT2D eigenvalue weighted by atomic mass is 10.2. The average molecular weight is 438 g/mol. The topological polar surface area (TPSA) is 91.5 Å². The van der Waals surface area contributed by atoms with Gasteiger partial charge in [-0.1, -0.05) is 17.7 Å². The van der Waals surface area contributed by atoms with Crippen LogP contribution in [-0.2, 0) is 14.8 Å². The van der Waals surface area contributed by atoms with Crippen LogP contribution in [0.15, 0.2) is 47.4 Å². The summed E-state index contributed by atoms with van der Waals surface area (Å²) in [6.45, 7) is 0.801. The summed E-state index contributed by atoms with van der Waals surface area (Å²) in [5.74, 6) is -1.37. The van der Waals surface area contributed by atoms with E-state index in [1.807, 2.05) is 0 Å². The monoisotopic (exact) mass is 437 g/mol. The molecule has 1 saturated heterocycles. The summed E-state index contributed by atoms with van der Waals surface area (Å²) in [6.07, 6.45) is 0. The first kappa shape index (κ1) is 19.8. The number of anilines is 1. The highest BCUT2D eigenvalue weighted by Crippen LogP contribution is 2.25. The van der Waals surface area contributed by atoms with Gasteiger partial charge in [-0.2, -0.15) is 4.31 Å². The quantitative estimate of drug-likeness (QED) is 0.655. The van der Waals surface area contributed by atoms with Crippen LogP contribution in [0.25, 0.3) is 10.9 Å². The van der Waals surface area contributed by atoms with Crippen LogP contribution in [0.1, 0.15) is 10.5 Å². The number of aromatic amines is 1. The Balaban J connectivity index is 1.60. The first-order chi connectivity index (χ1) is 13.8. The molecule has 0 saturated carbocycles. The van der Waals surface area contributed by atoms with Gasteiger partial charge in [-0.25, -0.2) is 12.8 Å². The van der Waals surface area contributed by atoms with Crippen LogP contribution in [0.2, 0.25) is 5.02 Å². The first-order valence-electron chi connectivity index (χ1n) is 8.82. The number of rotatable bonds is 4. The summed E-state index contributed by atoms with van der Waals surface area (Å²) < 4.78 is 46.1. The van der Waals surface area contributed by atoms with Crippen LogP contribution in [-0.4, -0.2) is 49.9 Å². The van der Waals surface area contributed by atoms with Crippen molar-refractivity contribution in [2.45, 2.75) is 4.90 Å². The van der Waals surface area contributed by atoms with Crippen LogP contribution >= 0.6 is 11.6 Å². The Bertz CT molecular complexity index is 1190. The van der Waals surface area contributed by atoms with E-state index in [1.54, 1.807) is 24.3 Å². The zero-order valence-electron chi connectivity index (χ0n) is 15.1. The van der Waals surface area contributed by atoms with E-state index >= 15 is 0 Å². The van der Waals surface area contributed by atoms with E-state index in [4.69, 9.17) is 16.3 Å². The van der Waals surface area contributed by atoms with Gasteiger partial charge in [-0.05, 0) is 36.4 Å². The molecule has 7 nitrogen and oxygen atoms in total. The maximum Gasteiger partial charge on any atom is 0.272 e. The molecule has 0 atom stereocenters. The Labute approximate surface area is 171 Å². The normalized spacial score (nSPS) is 15.5. The van der Waals surface area contributed by atoms with Crippen molar-refractivity contribution in [1.82, 2.24) is 9.29 Å². The van der Waals surface area contributed by atoms with E-state index in [9.17, 15) is 17.6 Å². The maximum atomic E-state index is 14.3. The number of fused-ring (bicyclic) bond motifs is 1. The van der Waals surface area contributed by atoms with Gasteiger partial charge in [-0.15, -0.1) is 0 Å². The number of benzene rings is 2. The Morgan fingerprint density at radius 3 is 2.66 bits per heavy atom. The summed E-state index contributed by atoms with van der Waals surface area (Å²) in [4.78, 5) is 15.0. The summed E-state index contributed by atoms with van der Waals surface area (Å²) in [5, 5.41) is 3.93. The molecule has 1 amide bonds. The second kappa shape index (κ2) is 7.75. The summed E-state index contributed by atoms with van der Waals surface area (Å²) in [7, 11) is -4.04. The van der Waals surface area contributed by atoms with Gasteiger partial charge in [0.25, 0.3) is 5.91 Å². The Hall–Kier alpha value is -2.46. The maximum absolute atomic E-state index is 14.3. The van der Waals surface area contributed by atoms with Crippen molar-refractivity contribution in [1.29, 1.82) is 0 Å². The van der Waals surface area contributed by atoms with E-state index in [2.05, 4.69) is 10.3 Å². The minimum atomic E-state index is -4.04. The highest BCUT2D eigenvalue weighted by Gasteiger charge is 2.29. The highest BCUT2D eigenvalue weighted by molar-refractivity contribution is 7.89. The SMILES string of the molecule is O=C(Nc1ccc(F)c(S(=O)(=O)N2CCOCC2)c1)c1cc2ccc(Cl)cc2[nH]1. The molecule has 0 spiro atoms. The Kier molecular flexibility index (Phi) is 5.30. The molecular formula is C19H17ClFN3O4S. The zero-order valence-corrected chi connectivity index (χ0v) is 16.7. The lowest BCUT2D eigenvalue weighted by molar-refractivity contribution is 0.0729. The van der Waals surface area contributed by atoms with Crippen molar-refractivity contribution in [2.75, 3.05) is 31.6 Å². The van der Waals surface area contributed by atoms with Crippen LogP contribution in [0.3, 0.4) is 0 Å². The molecule has 1 aromatic heterocycles. The van der Waals surface area contributed by atoms with E-state index in [0.717, 1.165) is 17.5 Å². The third-order valence-corrected chi connectivity index (χ3v) is 6.75. The summed E-state index contributed by atoms with van der Waals surface area (Å²) in [5.41, 5.74) is 1.13. The third-order valence-electron chi connectivity index (χ3n) is 4.61. The zero-order chi connectivity index (χ0) is 20.6. The molecule has 0 bridgehead atoms. The molecule has 29 heavy (non-hydrogen) atoms. The highest BCUT2D eigenvalue weighted by atomic mass is 35.5. The largest absolute Gasteiger partial charge is 0.379 e. The number of hydrogen-bond donors (Lipinski definition) is 2. The number of morpholine rings is 1. The number of aromatic nitrogens is 1. The van der Waals surface area contributed by atoms with Crippen LogP contribution < -0.4 is 5.32 Å². The molecule has 0 radical (unpaired) electrons. The number of carbonyl (C=O) groups excluding carboxylic acids is 1. The number of amides is 1. The minimum absolute atomic E-state index is 0.149. The predicted octanol–water partition coefficient (Wildman–Crippen LogP) is 3.23. The van der Waals surface area contributed by atoms with Crippen molar-refractivity contribution in [3.8, 4) is 0 Å². The molecule has 2 aromatic carbocycles. The molecule has 1 aliphatic rings.